The lowest BCUT2D eigenvalue weighted by atomic mass is 9.52. The van der Waals surface area contributed by atoms with Gasteiger partial charge in [-0.05, 0) is 48.4 Å². The SMILES string of the molecule is O=C1CC[C@H]2[C@H]3Cc4cccc(CO)c4[C@@]2(CCN3)C1. The molecule has 2 bridgehead atoms. The van der Waals surface area contributed by atoms with E-state index in [9.17, 15) is 9.90 Å². The maximum Gasteiger partial charge on any atom is 0.133 e. The van der Waals surface area contributed by atoms with Crippen LogP contribution < -0.4 is 5.32 Å². The summed E-state index contributed by atoms with van der Waals surface area (Å²) in [6, 6.07) is 6.78. The number of Topliss-reactive ketones (excluding diaryl/α,β-unsaturated/α-hetero) is 1. The van der Waals surface area contributed by atoms with Crippen molar-refractivity contribution in [1.29, 1.82) is 0 Å². The fourth-order valence-corrected chi connectivity index (χ4v) is 5.09. The Bertz CT molecular complexity index is 568. The summed E-state index contributed by atoms with van der Waals surface area (Å²) in [4.78, 5) is 12.1. The molecule has 3 aliphatic rings. The van der Waals surface area contributed by atoms with Gasteiger partial charge in [0.05, 0.1) is 6.61 Å². The molecule has 0 spiro atoms. The fourth-order valence-electron chi connectivity index (χ4n) is 5.09. The lowest BCUT2D eigenvalue weighted by Crippen LogP contribution is -2.60. The number of benzene rings is 1. The number of aliphatic hydroxyl groups excluding tert-OH is 1. The van der Waals surface area contributed by atoms with Gasteiger partial charge in [0.1, 0.15) is 5.78 Å². The molecule has 1 aromatic rings. The first kappa shape index (κ1) is 12.5. The molecular weight excluding hydrogens is 250 g/mol. The Hall–Kier alpha value is -1.19. The molecule has 106 valence electrons. The summed E-state index contributed by atoms with van der Waals surface area (Å²) in [6.45, 7) is 1.08. The second-order valence-corrected chi connectivity index (χ2v) is 6.64. The van der Waals surface area contributed by atoms with Crippen molar-refractivity contribution in [2.24, 2.45) is 5.92 Å². The highest BCUT2D eigenvalue weighted by molar-refractivity contribution is 5.81. The molecule has 2 N–H and O–H groups in total. The Morgan fingerprint density at radius 3 is 3.15 bits per heavy atom. The number of carbonyl (C=O) groups is 1. The molecule has 1 heterocycles. The number of aliphatic hydroxyl groups is 1. The molecule has 1 aliphatic heterocycles. The van der Waals surface area contributed by atoms with Crippen LogP contribution in [-0.4, -0.2) is 23.5 Å². The first-order chi connectivity index (χ1) is 9.74. The third-order valence-corrected chi connectivity index (χ3v) is 5.77. The Morgan fingerprint density at radius 2 is 2.30 bits per heavy atom. The molecule has 0 unspecified atom stereocenters. The van der Waals surface area contributed by atoms with Crippen LogP contribution in [0.5, 0.6) is 0 Å². The van der Waals surface area contributed by atoms with Crippen molar-refractivity contribution in [3.63, 3.8) is 0 Å². The van der Waals surface area contributed by atoms with E-state index in [0.717, 1.165) is 37.8 Å². The van der Waals surface area contributed by atoms with Gasteiger partial charge in [-0.25, -0.2) is 0 Å². The van der Waals surface area contributed by atoms with Crippen molar-refractivity contribution in [2.45, 2.75) is 50.2 Å². The van der Waals surface area contributed by atoms with Crippen LogP contribution in [0.15, 0.2) is 18.2 Å². The first-order valence-electron chi connectivity index (χ1n) is 7.72. The van der Waals surface area contributed by atoms with Crippen molar-refractivity contribution in [2.75, 3.05) is 6.54 Å². The second-order valence-electron chi connectivity index (χ2n) is 6.64. The van der Waals surface area contributed by atoms with Crippen LogP contribution >= 0.6 is 0 Å². The topological polar surface area (TPSA) is 49.3 Å². The van der Waals surface area contributed by atoms with Crippen LogP contribution in [0.1, 0.15) is 42.4 Å². The summed E-state index contributed by atoms with van der Waals surface area (Å²) in [5.74, 6) is 0.969. The minimum Gasteiger partial charge on any atom is -0.392 e. The third-order valence-electron chi connectivity index (χ3n) is 5.77. The highest BCUT2D eigenvalue weighted by atomic mass is 16.3. The molecule has 3 nitrogen and oxygen atoms in total. The Labute approximate surface area is 119 Å². The number of nitrogens with one attached hydrogen (secondary N) is 1. The minimum atomic E-state index is -0.00183. The Balaban J connectivity index is 1.94. The highest BCUT2D eigenvalue weighted by Gasteiger charge is 2.53. The van der Waals surface area contributed by atoms with Crippen molar-refractivity contribution in [1.82, 2.24) is 5.32 Å². The van der Waals surface area contributed by atoms with Crippen molar-refractivity contribution in [3.8, 4) is 0 Å². The molecule has 4 rings (SSSR count). The van der Waals surface area contributed by atoms with Crippen LogP contribution in [0.4, 0.5) is 0 Å². The Kier molecular flexibility index (Phi) is 2.76. The normalized spacial score (nSPS) is 35.4. The molecule has 1 aromatic carbocycles. The molecule has 3 heteroatoms. The summed E-state index contributed by atoms with van der Waals surface area (Å²) >= 11 is 0. The van der Waals surface area contributed by atoms with E-state index in [1.807, 2.05) is 12.1 Å². The molecule has 2 aliphatic carbocycles. The second kappa shape index (κ2) is 4.40. The molecule has 3 atom stereocenters. The molecule has 0 aromatic heterocycles. The molecule has 20 heavy (non-hydrogen) atoms. The highest BCUT2D eigenvalue weighted by Crippen LogP contribution is 2.53. The van der Waals surface area contributed by atoms with Gasteiger partial charge >= 0.3 is 0 Å². The summed E-state index contributed by atoms with van der Waals surface area (Å²) in [5, 5.41) is 13.4. The third kappa shape index (κ3) is 1.57. The van der Waals surface area contributed by atoms with Crippen molar-refractivity contribution < 1.29 is 9.90 Å². The van der Waals surface area contributed by atoms with E-state index < -0.39 is 0 Å². The zero-order chi connectivity index (χ0) is 13.7. The summed E-state index contributed by atoms with van der Waals surface area (Å²) in [5.41, 5.74) is 3.71. The molecule has 0 radical (unpaired) electrons. The number of ketones is 1. The average molecular weight is 271 g/mol. The number of carbonyl (C=O) groups excluding carboxylic acids is 1. The van der Waals surface area contributed by atoms with Crippen molar-refractivity contribution in [3.05, 3.63) is 34.9 Å². The van der Waals surface area contributed by atoms with Gasteiger partial charge in [-0.1, -0.05) is 18.2 Å². The zero-order valence-corrected chi connectivity index (χ0v) is 11.7. The fraction of sp³-hybridized carbons (Fsp3) is 0.588. The van der Waals surface area contributed by atoms with Gasteiger partial charge in [-0.2, -0.15) is 0 Å². The van der Waals surface area contributed by atoms with E-state index >= 15 is 0 Å². The van der Waals surface area contributed by atoms with E-state index in [1.54, 1.807) is 0 Å². The first-order valence-corrected chi connectivity index (χ1v) is 7.72. The smallest absolute Gasteiger partial charge is 0.133 e. The summed E-state index contributed by atoms with van der Waals surface area (Å²) in [6.07, 6.45) is 4.50. The monoisotopic (exact) mass is 271 g/mol. The van der Waals surface area contributed by atoms with Crippen LogP contribution in [0.25, 0.3) is 0 Å². The maximum absolute atomic E-state index is 12.1. The van der Waals surface area contributed by atoms with Crippen LogP contribution in [-0.2, 0) is 23.2 Å². The minimum absolute atomic E-state index is 0.00183. The van der Waals surface area contributed by atoms with Gasteiger partial charge in [0.15, 0.2) is 0 Å². The van der Waals surface area contributed by atoms with Crippen molar-refractivity contribution >= 4 is 5.78 Å². The standard InChI is InChI=1S/C17H21NO2/c19-10-12-3-1-2-11-8-15-14-5-4-13(20)9-17(14,16(11)12)6-7-18-15/h1-3,14-15,18-19H,4-10H2/t14-,15+,17-/m0/s1. The average Bonchev–Trinajstić information content (AvgIpc) is 2.45. The van der Waals surface area contributed by atoms with Gasteiger partial charge < -0.3 is 10.4 Å². The van der Waals surface area contributed by atoms with E-state index in [-0.39, 0.29) is 12.0 Å². The zero-order valence-electron chi connectivity index (χ0n) is 11.7. The quantitative estimate of drug-likeness (QED) is 0.817. The van der Waals surface area contributed by atoms with E-state index in [0.29, 0.717) is 24.2 Å². The molecule has 2 fully saturated rings. The number of piperidine rings is 1. The number of hydrogen-bond donors (Lipinski definition) is 2. The maximum atomic E-state index is 12.1. The molecule has 1 saturated heterocycles. The summed E-state index contributed by atoms with van der Waals surface area (Å²) < 4.78 is 0. The lowest BCUT2D eigenvalue weighted by Gasteiger charge is -2.55. The van der Waals surface area contributed by atoms with E-state index in [1.165, 1.54) is 11.1 Å². The lowest BCUT2D eigenvalue weighted by molar-refractivity contribution is -0.125. The predicted molar refractivity (Wildman–Crippen MR) is 76.5 cm³/mol. The number of fused-ring (bicyclic) bond motifs is 1. The van der Waals surface area contributed by atoms with E-state index in [2.05, 4.69) is 11.4 Å². The summed E-state index contributed by atoms with van der Waals surface area (Å²) in [7, 11) is 0. The predicted octanol–water partition coefficient (Wildman–Crippen LogP) is 1.70. The van der Waals surface area contributed by atoms with Crippen LogP contribution in [0.2, 0.25) is 0 Å². The van der Waals surface area contributed by atoms with Crippen LogP contribution in [0.3, 0.4) is 0 Å². The van der Waals surface area contributed by atoms with Crippen LogP contribution in [0, 0.1) is 5.92 Å². The number of hydrogen-bond acceptors (Lipinski definition) is 3. The molecule has 0 amide bonds. The Morgan fingerprint density at radius 1 is 1.40 bits per heavy atom. The van der Waals surface area contributed by atoms with E-state index in [4.69, 9.17) is 0 Å². The van der Waals surface area contributed by atoms with Gasteiger partial charge in [0, 0.05) is 24.3 Å². The molecule has 1 saturated carbocycles. The van der Waals surface area contributed by atoms with Gasteiger partial charge in [-0.15, -0.1) is 0 Å². The van der Waals surface area contributed by atoms with Gasteiger partial charge in [-0.3, -0.25) is 4.79 Å². The largest absolute Gasteiger partial charge is 0.392 e. The van der Waals surface area contributed by atoms with Gasteiger partial charge in [0.25, 0.3) is 0 Å². The number of rotatable bonds is 1. The molecular formula is C17H21NO2. The van der Waals surface area contributed by atoms with Gasteiger partial charge in [0.2, 0.25) is 0 Å².